The van der Waals surface area contributed by atoms with Crippen LogP contribution in [0.3, 0.4) is 0 Å². The van der Waals surface area contributed by atoms with Crippen molar-refractivity contribution in [3.8, 4) is 0 Å². The summed E-state index contributed by atoms with van der Waals surface area (Å²) in [6, 6.07) is 0. The van der Waals surface area contributed by atoms with Crippen molar-refractivity contribution >= 4 is 28.3 Å². The van der Waals surface area contributed by atoms with Crippen LogP contribution in [0, 0.1) is 0 Å². The van der Waals surface area contributed by atoms with Crippen LogP contribution in [0.2, 0.25) is 0 Å². The maximum absolute atomic E-state index is 5.24. The van der Waals surface area contributed by atoms with Crippen LogP contribution in [-0.2, 0) is 4.74 Å². The Kier molecular flexibility index (Phi) is 2.55. The number of nitrogens with one attached hydrogen (secondary N) is 1. The minimum atomic E-state index is -0.220. The van der Waals surface area contributed by atoms with Gasteiger partial charge in [0, 0.05) is 19.3 Å². The number of methoxy groups -OCH3 is 1. The second-order valence-electron chi connectivity index (χ2n) is 2.45. The van der Waals surface area contributed by atoms with E-state index in [2.05, 4.69) is 5.32 Å². The highest BCUT2D eigenvalue weighted by molar-refractivity contribution is 8.23. The Hall–Kier alpha value is 0.200. The van der Waals surface area contributed by atoms with E-state index in [9.17, 15) is 0 Å². The van der Waals surface area contributed by atoms with E-state index in [4.69, 9.17) is 17.0 Å². The molecule has 1 aliphatic rings. The van der Waals surface area contributed by atoms with Gasteiger partial charge in [-0.25, -0.2) is 0 Å². The normalized spacial score (nSPS) is 33.6. The van der Waals surface area contributed by atoms with Crippen LogP contribution < -0.4 is 5.32 Å². The van der Waals surface area contributed by atoms with Gasteiger partial charge in [-0.1, -0.05) is 24.0 Å². The third-order valence-electron chi connectivity index (χ3n) is 1.63. The highest BCUT2D eigenvalue weighted by Gasteiger charge is 2.27. The summed E-state index contributed by atoms with van der Waals surface area (Å²) in [5, 5.41) is 3.11. The average Bonchev–Trinajstić information content (AvgIpc) is 1.88. The minimum absolute atomic E-state index is 0.220. The van der Waals surface area contributed by atoms with Crippen molar-refractivity contribution in [3.05, 3.63) is 0 Å². The lowest BCUT2D eigenvalue weighted by molar-refractivity contribution is -0.00917. The molecule has 0 unspecified atom stereocenters. The van der Waals surface area contributed by atoms with Gasteiger partial charge >= 0.3 is 0 Å². The Morgan fingerprint density at radius 3 is 2.90 bits per heavy atom. The Balaban J connectivity index is 2.53. The van der Waals surface area contributed by atoms with Crippen LogP contribution >= 0.6 is 24.0 Å². The molecule has 0 spiro atoms. The molecule has 0 aromatic rings. The number of rotatable bonds is 1. The smallest absolute Gasteiger partial charge is 0.137 e. The molecule has 4 heteroatoms. The van der Waals surface area contributed by atoms with Gasteiger partial charge in [0.1, 0.15) is 10.0 Å². The topological polar surface area (TPSA) is 21.3 Å². The lowest BCUT2D eigenvalue weighted by Gasteiger charge is -2.33. The maximum Gasteiger partial charge on any atom is 0.137 e. The van der Waals surface area contributed by atoms with Crippen LogP contribution in [0.25, 0.3) is 0 Å². The zero-order valence-electron chi connectivity index (χ0n) is 6.14. The van der Waals surface area contributed by atoms with E-state index < -0.39 is 0 Å². The first-order chi connectivity index (χ1) is 4.66. The number of ether oxygens (including phenoxy) is 1. The summed E-state index contributed by atoms with van der Waals surface area (Å²) >= 11 is 6.67. The van der Waals surface area contributed by atoms with Gasteiger partial charge in [-0.15, -0.1) is 0 Å². The predicted octanol–water partition coefficient (Wildman–Crippen LogP) is 1.36. The molecule has 0 saturated carbocycles. The highest BCUT2D eigenvalue weighted by Crippen LogP contribution is 2.22. The van der Waals surface area contributed by atoms with Gasteiger partial charge < -0.3 is 10.1 Å². The van der Waals surface area contributed by atoms with E-state index in [0.717, 1.165) is 16.5 Å². The van der Waals surface area contributed by atoms with E-state index in [1.54, 1.807) is 18.9 Å². The molecule has 1 heterocycles. The second kappa shape index (κ2) is 3.07. The molecule has 0 bridgehead atoms. The molecule has 1 rings (SSSR count). The largest absolute Gasteiger partial charge is 0.359 e. The summed E-state index contributed by atoms with van der Waals surface area (Å²) in [4.78, 5) is 0. The van der Waals surface area contributed by atoms with E-state index in [1.165, 1.54) is 0 Å². The molecule has 1 N–H and O–H groups in total. The molecule has 0 aliphatic carbocycles. The van der Waals surface area contributed by atoms with E-state index in [-0.39, 0.29) is 5.72 Å². The first-order valence-corrected chi connectivity index (χ1v) is 4.56. The average molecular weight is 177 g/mol. The van der Waals surface area contributed by atoms with Gasteiger partial charge in [-0.3, -0.25) is 0 Å². The van der Waals surface area contributed by atoms with Gasteiger partial charge in [-0.2, -0.15) is 0 Å². The zero-order chi connectivity index (χ0) is 7.61. The van der Waals surface area contributed by atoms with Gasteiger partial charge in [-0.05, 0) is 6.92 Å². The zero-order valence-corrected chi connectivity index (χ0v) is 7.77. The van der Waals surface area contributed by atoms with Gasteiger partial charge in [0.15, 0.2) is 0 Å². The summed E-state index contributed by atoms with van der Waals surface area (Å²) in [5.41, 5.74) is -0.220. The van der Waals surface area contributed by atoms with Crippen LogP contribution in [0.4, 0.5) is 0 Å². The lowest BCUT2D eigenvalue weighted by Crippen LogP contribution is -2.49. The maximum atomic E-state index is 5.24. The summed E-state index contributed by atoms with van der Waals surface area (Å²) in [6.45, 7) is 2.01. The van der Waals surface area contributed by atoms with Gasteiger partial charge in [0.05, 0.1) is 0 Å². The van der Waals surface area contributed by atoms with Crippen molar-refractivity contribution < 1.29 is 4.74 Å². The van der Waals surface area contributed by atoms with Crippen molar-refractivity contribution in [1.82, 2.24) is 5.32 Å². The Morgan fingerprint density at radius 1 is 1.80 bits per heavy atom. The summed E-state index contributed by atoms with van der Waals surface area (Å²) in [5.74, 6) is 1.05. The summed E-state index contributed by atoms with van der Waals surface area (Å²) in [6.07, 6.45) is 1.01. The molecule has 58 valence electrons. The van der Waals surface area contributed by atoms with Crippen molar-refractivity contribution in [3.63, 3.8) is 0 Å². The molecule has 10 heavy (non-hydrogen) atoms. The molecule has 2 nitrogen and oxygen atoms in total. The quantitative estimate of drug-likeness (QED) is 0.610. The van der Waals surface area contributed by atoms with Gasteiger partial charge in [0.2, 0.25) is 0 Å². The van der Waals surface area contributed by atoms with E-state index >= 15 is 0 Å². The molecule has 1 aliphatic heterocycles. The summed E-state index contributed by atoms with van der Waals surface area (Å²) < 4.78 is 6.08. The number of thioether (sulfide) groups is 1. The number of hydrogen-bond acceptors (Lipinski definition) is 3. The van der Waals surface area contributed by atoms with Crippen LogP contribution in [0.1, 0.15) is 13.3 Å². The Bertz CT molecular complexity index is 151. The Morgan fingerprint density at radius 2 is 2.50 bits per heavy atom. The fraction of sp³-hybridized carbons (Fsp3) is 0.833. The standard InChI is InChI=1S/C6H11NOS2/c1-6(8-2)3-4-10-5(9)7-6/h3-4H2,1-2H3,(H,7,9)/t6-/m0/s1. The van der Waals surface area contributed by atoms with Crippen LogP contribution in [0.15, 0.2) is 0 Å². The van der Waals surface area contributed by atoms with Gasteiger partial charge in [0.25, 0.3) is 0 Å². The van der Waals surface area contributed by atoms with Crippen molar-refractivity contribution in [1.29, 1.82) is 0 Å². The minimum Gasteiger partial charge on any atom is -0.359 e. The molecule has 0 amide bonds. The molecule has 1 saturated heterocycles. The molecule has 1 fully saturated rings. The molecule has 0 aromatic carbocycles. The third kappa shape index (κ3) is 1.84. The fourth-order valence-corrected chi connectivity index (χ4v) is 2.24. The molecule has 1 atom stereocenters. The lowest BCUT2D eigenvalue weighted by atomic mass is 10.2. The van der Waals surface area contributed by atoms with E-state index in [1.807, 2.05) is 6.92 Å². The fourth-order valence-electron chi connectivity index (χ4n) is 0.806. The highest BCUT2D eigenvalue weighted by atomic mass is 32.2. The molecule has 0 radical (unpaired) electrons. The Labute approximate surface area is 70.7 Å². The second-order valence-corrected chi connectivity index (χ2v) is 4.22. The number of thiocarbonyl (C=S) groups is 1. The van der Waals surface area contributed by atoms with E-state index in [0.29, 0.717) is 0 Å². The first-order valence-electron chi connectivity index (χ1n) is 3.16. The van der Waals surface area contributed by atoms with Crippen LogP contribution in [-0.4, -0.2) is 22.9 Å². The molecule has 0 aromatic heterocycles. The van der Waals surface area contributed by atoms with Crippen molar-refractivity contribution in [2.45, 2.75) is 19.1 Å². The van der Waals surface area contributed by atoms with Crippen molar-refractivity contribution in [2.24, 2.45) is 0 Å². The molecular formula is C6H11NOS2. The molecular weight excluding hydrogens is 166 g/mol. The van der Waals surface area contributed by atoms with Crippen molar-refractivity contribution in [2.75, 3.05) is 12.9 Å². The number of hydrogen-bond donors (Lipinski definition) is 1. The SMILES string of the molecule is CO[C@@]1(C)CCSC(=S)N1. The monoisotopic (exact) mass is 177 g/mol. The predicted molar refractivity (Wildman–Crippen MR) is 48.2 cm³/mol. The van der Waals surface area contributed by atoms with Crippen LogP contribution in [0.5, 0.6) is 0 Å². The first kappa shape index (κ1) is 8.30. The summed E-state index contributed by atoms with van der Waals surface area (Å²) in [7, 11) is 1.70. The third-order valence-corrected chi connectivity index (χ3v) is 2.86.